The van der Waals surface area contributed by atoms with Crippen LogP contribution in [0.2, 0.25) is 5.02 Å². The van der Waals surface area contributed by atoms with Crippen molar-refractivity contribution in [1.29, 1.82) is 0 Å². The van der Waals surface area contributed by atoms with E-state index in [2.05, 4.69) is 0 Å². The lowest BCUT2D eigenvalue weighted by Gasteiger charge is -2.08. The van der Waals surface area contributed by atoms with Crippen molar-refractivity contribution in [2.24, 2.45) is 0 Å². The van der Waals surface area contributed by atoms with E-state index in [1.54, 1.807) is 13.2 Å². The van der Waals surface area contributed by atoms with Crippen LogP contribution in [0.25, 0.3) is 0 Å². The van der Waals surface area contributed by atoms with Gasteiger partial charge in [-0.2, -0.15) is 0 Å². The zero-order valence-electron chi connectivity index (χ0n) is 10.0. The molecule has 0 aromatic heterocycles. The normalized spacial score (nSPS) is 10.3. The Hall–Kier alpha value is -1.30. The summed E-state index contributed by atoms with van der Waals surface area (Å²) >= 11 is 5.80. The van der Waals surface area contributed by atoms with Crippen LogP contribution in [-0.4, -0.2) is 44.6 Å². The molecule has 0 radical (unpaired) electrons. The molecule has 0 saturated carbocycles. The quantitative estimate of drug-likeness (QED) is 0.735. The second-order valence-electron chi connectivity index (χ2n) is 3.40. The molecule has 0 heterocycles. The third-order valence-electron chi connectivity index (χ3n) is 2.10. The van der Waals surface area contributed by atoms with Crippen molar-refractivity contribution < 1.29 is 24.1 Å². The summed E-state index contributed by atoms with van der Waals surface area (Å²) in [4.78, 5) is 10.7. The summed E-state index contributed by atoms with van der Waals surface area (Å²) in [5.41, 5.74) is 0.0559. The van der Waals surface area contributed by atoms with Crippen molar-refractivity contribution >= 4 is 17.6 Å². The molecule has 0 spiro atoms. The van der Waals surface area contributed by atoms with E-state index in [1.165, 1.54) is 12.1 Å². The van der Waals surface area contributed by atoms with Crippen LogP contribution in [-0.2, 0) is 9.47 Å². The van der Waals surface area contributed by atoms with E-state index in [0.29, 0.717) is 32.2 Å². The number of halogens is 1. The molecular weight excluding hydrogens is 260 g/mol. The molecule has 0 amide bonds. The third-order valence-corrected chi connectivity index (χ3v) is 2.41. The Morgan fingerprint density at radius 3 is 2.61 bits per heavy atom. The van der Waals surface area contributed by atoms with Gasteiger partial charge in [-0.1, -0.05) is 11.6 Å². The molecule has 18 heavy (non-hydrogen) atoms. The zero-order chi connectivity index (χ0) is 13.4. The highest BCUT2D eigenvalue weighted by Crippen LogP contribution is 2.22. The average Bonchev–Trinajstić information content (AvgIpc) is 2.33. The largest absolute Gasteiger partial charge is 0.491 e. The highest BCUT2D eigenvalue weighted by molar-refractivity contribution is 6.33. The third kappa shape index (κ3) is 4.91. The summed E-state index contributed by atoms with van der Waals surface area (Å²) in [7, 11) is 1.60. The van der Waals surface area contributed by atoms with Gasteiger partial charge in [0.15, 0.2) is 0 Å². The van der Waals surface area contributed by atoms with Crippen LogP contribution in [0.4, 0.5) is 0 Å². The molecule has 0 unspecified atom stereocenters. The van der Waals surface area contributed by atoms with Crippen molar-refractivity contribution in [2.75, 3.05) is 33.5 Å². The van der Waals surface area contributed by atoms with Gasteiger partial charge in [-0.3, -0.25) is 0 Å². The van der Waals surface area contributed by atoms with Gasteiger partial charge in [0.25, 0.3) is 0 Å². The molecule has 1 N–H and O–H groups in total. The molecule has 0 atom stereocenters. The number of carboxylic acid groups (broad SMARTS) is 1. The van der Waals surface area contributed by atoms with Gasteiger partial charge in [-0.05, 0) is 18.2 Å². The fourth-order valence-corrected chi connectivity index (χ4v) is 1.47. The van der Waals surface area contributed by atoms with Crippen molar-refractivity contribution in [3.05, 3.63) is 28.8 Å². The smallest absolute Gasteiger partial charge is 0.337 e. The van der Waals surface area contributed by atoms with Crippen LogP contribution in [0.15, 0.2) is 18.2 Å². The second kappa shape index (κ2) is 7.92. The molecule has 1 rings (SSSR count). The molecule has 0 fully saturated rings. The van der Waals surface area contributed by atoms with E-state index in [9.17, 15) is 4.79 Å². The summed E-state index contributed by atoms with van der Waals surface area (Å²) in [6.45, 7) is 1.85. The Morgan fingerprint density at radius 1 is 1.28 bits per heavy atom. The molecular formula is C12H15ClO5. The first kappa shape index (κ1) is 14.8. The Balaban J connectivity index is 2.35. The van der Waals surface area contributed by atoms with Gasteiger partial charge >= 0.3 is 5.97 Å². The topological polar surface area (TPSA) is 65.0 Å². The van der Waals surface area contributed by atoms with Crippen LogP contribution in [0.3, 0.4) is 0 Å². The van der Waals surface area contributed by atoms with E-state index in [0.717, 1.165) is 0 Å². The SMILES string of the molecule is COCCOCCOc1ccc(C(=O)O)c(Cl)c1. The Labute approximate surface area is 110 Å². The van der Waals surface area contributed by atoms with Crippen LogP contribution >= 0.6 is 11.6 Å². The number of hydrogen-bond acceptors (Lipinski definition) is 4. The summed E-state index contributed by atoms with van der Waals surface area (Å²) < 4.78 is 15.4. The number of methoxy groups -OCH3 is 1. The van der Waals surface area contributed by atoms with Gasteiger partial charge < -0.3 is 19.3 Å². The zero-order valence-corrected chi connectivity index (χ0v) is 10.8. The first-order chi connectivity index (χ1) is 8.65. The molecule has 0 saturated heterocycles. The highest BCUT2D eigenvalue weighted by Gasteiger charge is 2.09. The lowest BCUT2D eigenvalue weighted by molar-refractivity contribution is 0.0544. The van der Waals surface area contributed by atoms with Crippen LogP contribution in [0.1, 0.15) is 10.4 Å². The molecule has 0 aliphatic carbocycles. The number of rotatable bonds is 8. The Bertz CT molecular complexity index is 394. The van der Waals surface area contributed by atoms with Gasteiger partial charge in [0.2, 0.25) is 0 Å². The monoisotopic (exact) mass is 274 g/mol. The number of benzene rings is 1. The Morgan fingerprint density at radius 2 is 2.00 bits per heavy atom. The van der Waals surface area contributed by atoms with Gasteiger partial charge in [0.05, 0.1) is 30.4 Å². The summed E-state index contributed by atoms with van der Waals surface area (Å²) in [6.07, 6.45) is 0. The lowest BCUT2D eigenvalue weighted by atomic mass is 10.2. The second-order valence-corrected chi connectivity index (χ2v) is 3.81. The summed E-state index contributed by atoms with van der Waals surface area (Å²) in [5.74, 6) is -0.546. The minimum atomic E-state index is -1.06. The fraction of sp³-hybridized carbons (Fsp3) is 0.417. The summed E-state index contributed by atoms with van der Waals surface area (Å²) in [6, 6.07) is 4.44. The first-order valence-electron chi connectivity index (χ1n) is 5.37. The van der Waals surface area contributed by atoms with Crippen molar-refractivity contribution in [1.82, 2.24) is 0 Å². The van der Waals surface area contributed by atoms with E-state index >= 15 is 0 Å². The van der Waals surface area contributed by atoms with Crippen molar-refractivity contribution in [2.45, 2.75) is 0 Å². The molecule has 1 aromatic rings. The average molecular weight is 275 g/mol. The first-order valence-corrected chi connectivity index (χ1v) is 5.75. The molecule has 0 aliphatic heterocycles. The molecule has 0 bridgehead atoms. The van der Waals surface area contributed by atoms with Gasteiger partial charge in [0, 0.05) is 7.11 Å². The lowest BCUT2D eigenvalue weighted by Crippen LogP contribution is -2.10. The maximum absolute atomic E-state index is 10.7. The maximum Gasteiger partial charge on any atom is 0.337 e. The molecule has 1 aromatic carbocycles. The van der Waals surface area contributed by atoms with Gasteiger partial charge in [-0.15, -0.1) is 0 Å². The highest BCUT2D eigenvalue weighted by atomic mass is 35.5. The van der Waals surface area contributed by atoms with E-state index < -0.39 is 5.97 Å². The molecule has 5 nitrogen and oxygen atoms in total. The molecule has 100 valence electrons. The van der Waals surface area contributed by atoms with Crippen LogP contribution < -0.4 is 4.74 Å². The number of ether oxygens (including phenoxy) is 3. The van der Waals surface area contributed by atoms with Gasteiger partial charge in [-0.25, -0.2) is 4.79 Å². The Kier molecular flexibility index (Phi) is 6.49. The molecule has 0 aliphatic rings. The van der Waals surface area contributed by atoms with Crippen LogP contribution in [0.5, 0.6) is 5.75 Å². The van der Waals surface area contributed by atoms with Crippen molar-refractivity contribution in [3.8, 4) is 5.75 Å². The number of hydrogen-bond donors (Lipinski definition) is 1. The van der Waals surface area contributed by atoms with E-state index in [1.807, 2.05) is 0 Å². The van der Waals surface area contributed by atoms with Gasteiger partial charge in [0.1, 0.15) is 12.4 Å². The number of carboxylic acids is 1. The number of carbonyl (C=O) groups is 1. The number of aromatic carboxylic acids is 1. The van der Waals surface area contributed by atoms with Crippen molar-refractivity contribution in [3.63, 3.8) is 0 Å². The predicted octanol–water partition coefficient (Wildman–Crippen LogP) is 2.08. The summed E-state index contributed by atoms with van der Waals surface area (Å²) in [5, 5.41) is 8.95. The minimum absolute atomic E-state index is 0.0559. The maximum atomic E-state index is 10.7. The molecule has 6 heteroatoms. The van der Waals surface area contributed by atoms with Crippen LogP contribution in [0, 0.1) is 0 Å². The van der Waals surface area contributed by atoms with E-state index in [-0.39, 0.29) is 10.6 Å². The van der Waals surface area contributed by atoms with E-state index in [4.69, 9.17) is 30.9 Å². The minimum Gasteiger partial charge on any atom is -0.491 e. The predicted molar refractivity (Wildman–Crippen MR) is 66.6 cm³/mol. The fourth-order valence-electron chi connectivity index (χ4n) is 1.22. The standard InChI is InChI=1S/C12H15ClO5/c1-16-4-5-17-6-7-18-9-2-3-10(12(14)15)11(13)8-9/h2-3,8H,4-7H2,1H3,(H,14,15).